The van der Waals surface area contributed by atoms with Crippen molar-refractivity contribution < 1.29 is 14.1 Å². The Balaban J connectivity index is 1.15. The third-order valence-electron chi connectivity index (χ3n) is 6.61. The molecular formula is C28H29N5O3S. The Morgan fingerprint density at radius 1 is 1.03 bits per heavy atom. The summed E-state index contributed by atoms with van der Waals surface area (Å²) in [6.45, 7) is 9.40. The quantitative estimate of drug-likeness (QED) is 0.311. The van der Waals surface area contributed by atoms with E-state index < -0.39 is 0 Å². The molecule has 0 unspecified atom stereocenters. The number of imidazole rings is 1. The number of nitrogens with zero attached hydrogens (tertiary/aromatic N) is 5. The van der Waals surface area contributed by atoms with Crippen molar-refractivity contribution in [3.05, 3.63) is 65.7 Å². The third kappa shape index (κ3) is 4.89. The molecule has 5 heterocycles. The van der Waals surface area contributed by atoms with Crippen molar-refractivity contribution in [2.75, 3.05) is 31.2 Å². The molecule has 8 nitrogen and oxygen atoms in total. The molecule has 0 spiro atoms. The lowest BCUT2D eigenvalue weighted by molar-refractivity contribution is -0.117. The standard InChI is InChI=1S/C28H29N5O3S/c1-28(2,3)24-16-20(31-36-24)15-21(34)14-18-4-6-19(7-5-18)22-17-33-23-8-9-25(32-10-12-35-13-11-32)30-26(23)37-27(33)29-22/h4-9,16-17H,10-15H2,1-3H3. The predicted octanol–water partition coefficient (Wildman–Crippen LogP) is 5.09. The Bertz CT molecular complexity index is 1570. The lowest BCUT2D eigenvalue weighted by Crippen LogP contribution is -2.36. The van der Waals surface area contributed by atoms with E-state index >= 15 is 0 Å². The summed E-state index contributed by atoms with van der Waals surface area (Å²) in [5.41, 5.74) is 4.51. The monoisotopic (exact) mass is 515 g/mol. The maximum atomic E-state index is 12.6. The lowest BCUT2D eigenvalue weighted by Gasteiger charge is -2.27. The molecule has 9 heteroatoms. The number of aromatic nitrogens is 4. The van der Waals surface area contributed by atoms with Crippen LogP contribution in [0.3, 0.4) is 0 Å². The zero-order chi connectivity index (χ0) is 25.6. The summed E-state index contributed by atoms with van der Waals surface area (Å²) < 4.78 is 13.0. The largest absolute Gasteiger partial charge is 0.378 e. The Morgan fingerprint density at radius 3 is 2.54 bits per heavy atom. The normalized spacial score (nSPS) is 14.6. The average Bonchev–Trinajstić information content (AvgIpc) is 3.59. The van der Waals surface area contributed by atoms with E-state index in [1.54, 1.807) is 11.3 Å². The number of ether oxygens (including phenoxy) is 1. The van der Waals surface area contributed by atoms with E-state index in [2.05, 4.69) is 53.6 Å². The summed E-state index contributed by atoms with van der Waals surface area (Å²) in [6.07, 6.45) is 2.69. The molecule has 1 aliphatic rings. The van der Waals surface area contributed by atoms with Crippen LogP contribution in [-0.4, -0.2) is 51.6 Å². The van der Waals surface area contributed by atoms with Gasteiger partial charge in [0.25, 0.3) is 0 Å². The van der Waals surface area contributed by atoms with Crippen LogP contribution < -0.4 is 4.90 Å². The number of anilines is 1. The first-order chi connectivity index (χ1) is 17.8. The van der Waals surface area contributed by atoms with Crippen molar-refractivity contribution in [3.63, 3.8) is 0 Å². The van der Waals surface area contributed by atoms with Crippen molar-refractivity contribution in [1.82, 2.24) is 19.5 Å². The van der Waals surface area contributed by atoms with Gasteiger partial charge in [-0.15, -0.1) is 0 Å². The number of hydrogen-bond acceptors (Lipinski definition) is 8. The van der Waals surface area contributed by atoms with Gasteiger partial charge >= 0.3 is 0 Å². The summed E-state index contributed by atoms with van der Waals surface area (Å²) in [5.74, 6) is 1.89. The van der Waals surface area contributed by atoms with Gasteiger partial charge < -0.3 is 14.2 Å². The molecule has 37 heavy (non-hydrogen) atoms. The maximum Gasteiger partial charge on any atom is 0.196 e. The van der Waals surface area contributed by atoms with Crippen LogP contribution in [0.2, 0.25) is 0 Å². The molecular weight excluding hydrogens is 486 g/mol. The van der Waals surface area contributed by atoms with Gasteiger partial charge in [-0.1, -0.05) is 61.5 Å². The Morgan fingerprint density at radius 2 is 1.81 bits per heavy atom. The summed E-state index contributed by atoms with van der Waals surface area (Å²) >= 11 is 1.60. The van der Waals surface area contributed by atoms with Crippen molar-refractivity contribution >= 4 is 38.2 Å². The first-order valence-corrected chi connectivity index (χ1v) is 13.3. The number of rotatable bonds is 6. The van der Waals surface area contributed by atoms with Crippen LogP contribution in [0.5, 0.6) is 0 Å². The van der Waals surface area contributed by atoms with Gasteiger partial charge in [-0.3, -0.25) is 9.20 Å². The van der Waals surface area contributed by atoms with Crippen LogP contribution in [-0.2, 0) is 27.8 Å². The van der Waals surface area contributed by atoms with Crippen molar-refractivity contribution in [1.29, 1.82) is 0 Å². The number of hydrogen-bond donors (Lipinski definition) is 0. The zero-order valence-corrected chi connectivity index (χ0v) is 22.0. The fraction of sp³-hybridized carbons (Fsp3) is 0.357. The average molecular weight is 516 g/mol. The zero-order valence-electron chi connectivity index (χ0n) is 21.2. The molecule has 190 valence electrons. The summed E-state index contributed by atoms with van der Waals surface area (Å²) in [6, 6.07) is 14.1. The molecule has 1 aliphatic heterocycles. The molecule has 0 aliphatic carbocycles. The van der Waals surface area contributed by atoms with Gasteiger partial charge in [0.1, 0.15) is 22.2 Å². The molecule has 6 rings (SSSR count). The van der Waals surface area contributed by atoms with E-state index in [0.29, 0.717) is 12.1 Å². The van der Waals surface area contributed by atoms with E-state index in [-0.39, 0.29) is 17.6 Å². The molecule has 0 atom stereocenters. The number of ketones is 1. The Hall–Kier alpha value is -3.56. The fourth-order valence-electron chi connectivity index (χ4n) is 4.52. The molecule has 1 aromatic carbocycles. The number of pyridine rings is 1. The van der Waals surface area contributed by atoms with E-state index in [4.69, 9.17) is 19.2 Å². The Labute approximate surface area is 218 Å². The van der Waals surface area contributed by atoms with Crippen LogP contribution in [0.1, 0.15) is 37.8 Å². The van der Waals surface area contributed by atoms with Crippen LogP contribution in [0, 0.1) is 0 Å². The SMILES string of the molecule is CC(C)(C)c1cc(CC(=O)Cc2ccc(-c3cn4c(n3)sc3nc(N5CCOCC5)ccc34)cc2)no1. The summed E-state index contributed by atoms with van der Waals surface area (Å²) in [4.78, 5) is 26.5. The number of fused-ring (bicyclic) bond motifs is 3. The van der Waals surface area contributed by atoms with E-state index in [0.717, 1.165) is 70.0 Å². The molecule has 0 N–H and O–H groups in total. The molecule has 1 fully saturated rings. The minimum atomic E-state index is -0.125. The number of thiazole rings is 1. The predicted molar refractivity (Wildman–Crippen MR) is 144 cm³/mol. The smallest absolute Gasteiger partial charge is 0.196 e. The summed E-state index contributed by atoms with van der Waals surface area (Å²) in [5, 5.41) is 4.07. The maximum absolute atomic E-state index is 12.6. The molecule has 0 bridgehead atoms. The van der Waals surface area contributed by atoms with Gasteiger partial charge in [0.2, 0.25) is 0 Å². The van der Waals surface area contributed by atoms with Gasteiger partial charge in [0.15, 0.2) is 4.96 Å². The highest BCUT2D eigenvalue weighted by Crippen LogP contribution is 2.30. The molecule has 0 radical (unpaired) electrons. The molecule has 0 amide bonds. The molecule has 5 aromatic rings. The topological polar surface area (TPSA) is 85.8 Å². The Kier molecular flexibility index (Phi) is 6.04. The van der Waals surface area contributed by atoms with Crippen molar-refractivity contribution in [2.45, 2.75) is 39.0 Å². The van der Waals surface area contributed by atoms with Crippen molar-refractivity contribution in [2.24, 2.45) is 0 Å². The highest BCUT2D eigenvalue weighted by molar-refractivity contribution is 7.23. The van der Waals surface area contributed by atoms with E-state index in [1.807, 2.05) is 30.3 Å². The van der Waals surface area contributed by atoms with E-state index in [9.17, 15) is 4.79 Å². The number of Topliss-reactive ketones (excluding diaryl/α,β-unsaturated/α-hetero) is 1. The summed E-state index contributed by atoms with van der Waals surface area (Å²) in [7, 11) is 0. The first kappa shape index (κ1) is 23.8. The van der Waals surface area contributed by atoms with Gasteiger partial charge in [-0.25, -0.2) is 9.97 Å². The van der Waals surface area contributed by atoms with Gasteiger partial charge in [-0.05, 0) is 17.7 Å². The highest BCUT2D eigenvalue weighted by atomic mass is 32.1. The van der Waals surface area contributed by atoms with Gasteiger partial charge in [0.05, 0.1) is 36.5 Å². The number of carbonyl (C=O) groups excluding carboxylic acids is 1. The molecule has 0 saturated carbocycles. The van der Waals surface area contributed by atoms with Crippen LogP contribution in [0.4, 0.5) is 5.82 Å². The minimum Gasteiger partial charge on any atom is -0.378 e. The van der Waals surface area contributed by atoms with E-state index in [1.165, 1.54) is 0 Å². The van der Waals surface area contributed by atoms with Gasteiger partial charge in [-0.2, -0.15) is 0 Å². The number of morpholine rings is 1. The van der Waals surface area contributed by atoms with Crippen LogP contribution >= 0.6 is 11.3 Å². The number of carbonyl (C=O) groups is 1. The molecule has 4 aromatic heterocycles. The molecule has 1 saturated heterocycles. The van der Waals surface area contributed by atoms with Crippen LogP contribution in [0.25, 0.3) is 26.6 Å². The highest BCUT2D eigenvalue weighted by Gasteiger charge is 2.21. The second-order valence-electron chi connectivity index (χ2n) is 10.5. The van der Waals surface area contributed by atoms with Crippen molar-refractivity contribution in [3.8, 4) is 11.3 Å². The number of benzene rings is 1. The van der Waals surface area contributed by atoms with Gasteiger partial charge in [0, 0.05) is 42.8 Å². The van der Waals surface area contributed by atoms with Crippen LogP contribution in [0.15, 0.2) is 53.2 Å². The first-order valence-electron chi connectivity index (χ1n) is 12.5. The lowest BCUT2D eigenvalue weighted by atomic mass is 9.93. The second kappa shape index (κ2) is 9.39. The minimum absolute atomic E-state index is 0.111. The fourth-order valence-corrected chi connectivity index (χ4v) is 5.49. The third-order valence-corrected chi connectivity index (χ3v) is 7.57. The second-order valence-corrected chi connectivity index (χ2v) is 11.5.